The van der Waals surface area contributed by atoms with E-state index in [9.17, 15) is 0 Å². The van der Waals surface area contributed by atoms with Crippen LogP contribution in [0.1, 0.15) is 6.92 Å². The van der Waals surface area contributed by atoms with E-state index in [1.165, 1.54) is 0 Å². The zero-order valence-corrected chi connectivity index (χ0v) is 9.60. The number of hydrogen-bond acceptors (Lipinski definition) is 2. The minimum Gasteiger partial charge on any atom is -0.489 e. The smallest absolute Gasteiger partial charge is 0.142 e. The van der Waals surface area contributed by atoms with E-state index in [4.69, 9.17) is 4.74 Å². The highest BCUT2D eigenvalue weighted by atomic mass is 79.9. The molecule has 0 saturated heterocycles. The Hall–Kier alpha value is -0.960. The molecule has 1 heterocycles. The third-order valence-corrected chi connectivity index (χ3v) is 2.76. The predicted molar refractivity (Wildman–Crippen MR) is 61.9 cm³/mol. The molecule has 2 rings (SSSR count). The third-order valence-electron chi connectivity index (χ3n) is 2.27. The van der Waals surface area contributed by atoms with Gasteiger partial charge in [0.25, 0.3) is 0 Å². The van der Waals surface area contributed by atoms with Crippen molar-refractivity contribution < 1.29 is 4.74 Å². The summed E-state index contributed by atoms with van der Waals surface area (Å²) in [6.45, 7) is 6.58. The molecule has 0 saturated carbocycles. The molecule has 0 bridgehead atoms. The van der Waals surface area contributed by atoms with Crippen molar-refractivity contribution in [1.29, 1.82) is 0 Å². The summed E-state index contributed by atoms with van der Waals surface area (Å²) in [5.74, 6) is 0.908. The topological polar surface area (TPSA) is 21.3 Å². The van der Waals surface area contributed by atoms with E-state index in [0.717, 1.165) is 21.5 Å². The first-order valence-electron chi connectivity index (χ1n) is 4.51. The van der Waals surface area contributed by atoms with Crippen molar-refractivity contribution in [3.8, 4) is 5.75 Å². The quantitative estimate of drug-likeness (QED) is 0.777. The van der Waals surface area contributed by atoms with Crippen LogP contribution in [-0.2, 0) is 0 Å². The molecule has 1 atom stereocenters. The molecule has 0 fully saturated rings. The Morgan fingerprint density at radius 3 is 3.14 bits per heavy atom. The van der Waals surface area contributed by atoms with Crippen LogP contribution in [0, 0.1) is 0 Å². The second-order valence-electron chi connectivity index (χ2n) is 3.49. The van der Waals surface area contributed by atoms with Gasteiger partial charge in [-0.25, -0.2) is 0 Å². The summed E-state index contributed by atoms with van der Waals surface area (Å²) in [5.41, 5.74) is 2.12. The van der Waals surface area contributed by atoms with Crippen molar-refractivity contribution in [1.82, 2.24) is 0 Å². The minimum atomic E-state index is 0.219. The molecule has 3 heteroatoms. The van der Waals surface area contributed by atoms with E-state index in [1.54, 1.807) is 0 Å². The maximum absolute atomic E-state index is 5.61. The van der Waals surface area contributed by atoms with Gasteiger partial charge in [0, 0.05) is 4.47 Å². The lowest BCUT2D eigenvalue weighted by Crippen LogP contribution is -2.31. The van der Waals surface area contributed by atoms with Crippen LogP contribution >= 0.6 is 15.9 Å². The van der Waals surface area contributed by atoms with Gasteiger partial charge in [0.15, 0.2) is 0 Å². The number of anilines is 1. The molecule has 0 spiro atoms. The minimum absolute atomic E-state index is 0.219. The van der Waals surface area contributed by atoms with Gasteiger partial charge in [-0.05, 0) is 25.1 Å². The van der Waals surface area contributed by atoms with E-state index < -0.39 is 0 Å². The molecule has 1 aromatic rings. The van der Waals surface area contributed by atoms with Crippen molar-refractivity contribution in [3.63, 3.8) is 0 Å². The first kappa shape index (κ1) is 9.59. The average molecular weight is 254 g/mol. The number of ether oxygens (including phenoxy) is 1. The van der Waals surface area contributed by atoms with Gasteiger partial charge in [-0.2, -0.15) is 0 Å². The largest absolute Gasteiger partial charge is 0.489 e. The molecular formula is C11H12BrNO. The zero-order chi connectivity index (χ0) is 10.1. The summed E-state index contributed by atoms with van der Waals surface area (Å²) < 4.78 is 6.66. The van der Waals surface area contributed by atoms with Gasteiger partial charge in [0.1, 0.15) is 12.4 Å². The van der Waals surface area contributed by atoms with Crippen molar-refractivity contribution in [3.05, 3.63) is 34.8 Å². The van der Waals surface area contributed by atoms with E-state index in [2.05, 4.69) is 27.8 Å². The highest BCUT2D eigenvalue weighted by Crippen LogP contribution is 2.32. The number of fused-ring (bicyclic) bond motifs is 1. The van der Waals surface area contributed by atoms with Crippen LogP contribution < -0.4 is 10.1 Å². The fourth-order valence-corrected chi connectivity index (χ4v) is 1.77. The molecule has 0 aromatic heterocycles. The Labute approximate surface area is 92.1 Å². The third kappa shape index (κ3) is 1.77. The van der Waals surface area contributed by atoms with Gasteiger partial charge in [0.05, 0.1) is 11.7 Å². The van der Waals surface area contributed by atoms with E-state index >= 15 is 0 Å². The summed E-state index contributed by atoms with van der Waals surface area (Å²) in [6, 6.07) is 6.17. The molecule has 14 heavy (non-hydrogen) atoms. The molecule has 1 aliphatic heterocycles. The van der Waals surface area contributed by atoms with Crippen LogP contribution in [0.25, 0.3) is 0 Å². The van der Waals surface area contributed by atoms with Crippen LogP contribution in [0.2, 0.25) is 0 Å². The second-order valence-corrected chi connectivity index (χ2v) is 4.41. The number of halogens is 1. The number of nitrogens with one attached hydrogen (secondary N) is 1. The van der Waals surface area contributed by atoms with Crippen LogP contribution in [0.3, 0.4) is 0 Å². The highest BCUT2D eigenvalue weighted by molar-refractivity contribution is 9.10. The van der Waals surface area contributed by atoms with E-state index in [1.807, 2.05) is 25.1 Å². The fourth-order valence-electron chi connectivity index (χ4n) is 1.41. The maximum atomic E-state index is 5.61. The summed E-state index contributed by atoms with van der Waals surface area (Å²) in [7, 11) is 0. The number of rotatable bonds is 1. The Balaban J connectivity index is 2.29. The van der Waals surface area contributed by atoms with Gasteiger partial charge in [-0.15, -0.1) is 0 Å². The first-order chi connectivity index (χ1) is 6.66. The maximum Gasteiger partial charge on any atom is 0.142 e. The summed E-state index contributed by atoms with van der Waals surface area (Å²) >= 11 is 3.43. The van der Waals surface area contributed by atoms with Crippen LogP contribution in [0.4, 0.5) is 5.69 Å². The molecule has 1 aliphatic rings. The van der Waals surface area contributed by atoms with Crippen LogP contribution in [0.5, 0.6) is 5.75 Å². The average Bonchev–Trinajstić information content (AvgIpc) is 2.16. The predicted octanol–water partition coefficient (Wildman–Crippen LogP) is 3.20. The van der Waals surface area contributed by atoms with Crippen LogP contribution in [0.15, 0.2) is 34.8 Å². The molecule has 1 unspecified atom stereocenters. The molecule has 0 aliphatic carbocycles. The molecule has 1 aromatic carbocycles. The highest BCUT2D eigenvalue weighted by Gasteiger charge is 2.18. The van der Waals surface area contributed by atoms with Crippen LogP contribution in [-0.4, -0.2) is 12.6 Å². The molecule has 2 nitrogen and oxygen atoms in total. The molecule has 0 radical (unpaired) electrons. The Morgan fingerprint density at radius 2 is 2.43 bits per heavy atom. The zero-order valence-electron chi connectivity index (χ0n) is 8.01. The molecule has 74 valence electrons. The fraction of sp³-hybridized carbons (Fsp3) is 0.273. The lowest BCUT2D eigenvalue weighted by molar-refractivity contribution is 0.297. The molecule has 1 N–H and O–H groups in total. The van der Waals surface area contributed by atoms with E-state index in [-0.39, 0.29) is 6.04 Å². The van der Waals surface area contributed by atoms with Gasteiger partial charge in [-0.1, -0.05) is 28.1 Å². The number of benzene rings is 1. The SMILES string of the molecule is C=C(C)C1COc2ccc(Br)cc2N1. The monoisotopic (exact) mass is 253 g/mol. The van der Waals surface area contributed by atoms with Crippen molar-refractivity contribution in [2.75, 3.05) is 11.9 Å². The van der Waals surface area contributed by atoms with E-state index in [0.29, 0.717) is 6.61 Å². The van der Waals surface area contributed by atoms with Gasteiger partial charge < -0.3 is 10.1 Å². The second kappa shape index (κ2) is 3.65. The molecular weight excluding hydrogens is 242 g/mol. The Bertz CT molecular complexity index is 376. The van der Waals surface area contributed by atoms with Crippen molar-refractivity contribution in [2.45, 2.75) is 13.0 Å². The summed E-state index contributed by atoms with van der Waals surface area (Å²) in [5, 5.41) is 3.38. The lowest BCUT2D eigenvalue weighted by atomic mass is 10.1. The lowest BCUT2D eigenvalue weighted by Gasteiger charge is -2.27. The van der Waals surface area contributed by atoms with Gasteiger partial charge in [0.2, 0.25) is 0 Å². The van der Waals surface area contributed by atoms with Gasteiger partial charge >= 0.3 is 0 Å². The standard InChI is InChI=1S/C11H12BrNO/c1-7(2)10-6-14-11-4-3-8(12)5-9(11)13-10/h3-5,10,13H,1,6H2,2H3. The van der Waals surface area contributed by atoms with Crippen molar-refractivity contribution >= 4 is 21.6 Å². The van der Waals surface area contributed by atoms with Crippen molar-refractivity contribution in [2.24, 2.45) is 0 Å². The number of hydrogen-bond donors (Lipinski definition) is 1. The first-order valence-corrected chi connectivity index (χ1v) is 5.30. The Morgan fingerprint density at radius 1 is 1.64 bits per heavy atom. The molecule has 0 amide bonds. The Kier molecular flexibility index (Phi) is 2.50. The normalized spacial score (nSPS) is 19.1. The summed E-state index contributed by atoms with van der Waals surface area (Å²) in [6.07, 6.45) is 0. The van der Waals surface area contributed by atoms with Gasteiger partial charge in [-0.3, -0.25) is 0 Å². The summed E-state index contributed by atoms with van der Waals surface area (Å²) in [4.78, 5) is 0.